The van der Waals surface area contributed by atoms with E-state index in [1.54, 1.807) is 5.57 Å². The smallest absolute Gasteiger partial charge is 0.127 e. The Hall–Kier alpha value is -2.42. The Morgan fingerprint density at radius 2 is 1.46 bits per heavy atom. The molecule has 0 aliphatic heterocycles. The maximum Gasteiger partial charge on any atom is 0.127 e. The Balaban J connectivity index is 1.45. The van der Waals surface area contributed by atoms with Gasteiger partial charge in [-0.2, -0.15) is 0 Å². The molecule has 4 atom stereocenters. The molecular formula is C39H51NSi. The Labute approximate surface area is 250 Å². The normalized spacial score (nSPS) is 25.6. The van der Waals surface area contributed by atoms with Gasteiger partial charge in [0.05, 0.1) is 0 Å². The average molecular weight is 562 g/mol. The second-order valence-corrected chi connectivity index (χ2v) is 20.8. The first-order valence-corrected chi connectivity index (χ1v) is 18.9. The molecule has 3 aliphatic carbocycles. The predicted molar refractivity (Wildman–Crippen MR) is 182 cm³/mol. The first kappa shape index (κ1) is 28.7. The van der Waals surface area contributed by atoms with Crippen molar-refractivity contribution < 1.29 is 0 Å². The summed E-state index contributed by atoms with van der Waals surface area (Å²) in [6, 6.07) is 22.8. The van der Waals surface area contributed by atoms with Gasteiger partial charge in [-0.3, -0.25) is 0 Å². The zero-order valence-corrected chi connectivity index (χ0v) is 28.4. The lowest BCUT2D eigenvalue weighted by atomic mass is 9.76. The summed E-state index contributed by atoms with van der Waals surface area (Å²) < 4.78 is 2.96. The molecule has 0 N–H and O–H groups in total. The highest BCUT2D eigenvalue weighted by atomic mass is 28.3. The quantitative estimate of drug-likeness (QED) is 0.287. The van der Waals surface area contributed by atoms with Crippen LogP contribution in [0.25, 0.3) is 27.5 Å². The average Bonchev–Trinajstić information content (AvgIpc) is 3.30. The van der Waals surface area contributed by atoms with Crippen LogP contribution < -0.4 is 0 Å². The molecule has 0 amide bonds. The molecular weight excluding hydrogens is 511 g/mol. The molecule has 4 unspecified atom stereocenters. The van der Waals surface area contributed by atoms with Gasteiger partial charge in [-0.05, 0) is 121 Å². The van der Waals surface area contributed by atoms with Crippen LogP contribution in [0.4, 0.5) is 0 Å². The first-order chi connectivity index (χ1) is 19.0. The Morgan fingerprint density at radius 1 is 0.805 bits per heavy atom. The van der Waals surface area contributed by atoms with E-state index in [9.17, 15) is 0 Å². The molecule has 0 saturated heterocycles. The molecule has 1 nitrogen and oxygen atoms in total. The summed E-state index contributed by atoms with van der Waals surface area (Å²) in [6.07, 6.45) is 6.81. The summed E-state index contributed by atoms with van der Waals surface area (Å²) in [5.74, 6) is 2.01. The van der Waals surface area contributed by atoms with Crippen LogP contribution in [0.3, 0.4) is 0 Å². The lowest BCUT2D eigenvalue weighted by Crippen LogP contribution is -2.67. The Bertz CT molecular complexity index is 1550. The molecule has 3 aromatic carbocycles. The minimum Gasteiger partial charge on any atom is -0.314 e. The third-order valence-electron chi connectivity index (χ3n) is 10.7. The second kappa shape index (κ2) is 9.29. The van der Waals surface area contributed by atoms with Crippen LogP contribution in [-0.2, 0) is 5.41 Å². The van der Waals surface area contributed by atoms with Gasteiger partial charge in [0.15, 0.2) is 0 Å². The standard InChI is InChI=1S/C39H51NSi/c1-25-21-28-23-35-33(24-32(28)36(25)41(10,11)40(37(2,3)4)38(5,6)7)31-20-19-27(22-34(31)39(35,8)9)30-18-14-16-26-15-12-13-17-29(26)30/h12-20,22-25,28,32,36H,21H2,1-11H3. The molecule has 216 valence electrons. The van der Waals surface area contributed by atoms with Gasteiger partial charge < -0.3 is 4.57 Å². The topological polar surface area (TPSA) is 3.24 Å². The van der Waals surface area contributed by atoms with E-state index in [1.807, 2.05) is 0 Å². The van der Waals surface area contributed by atoms with Gasteiger partial charge in [0.25, 0.3) is 0 Å². The van der Waals surface area contributed by atoms with Crippen LogP contribution in [0, 0.1) is 17.8 Å². The van der Waals surface area contributed by atoms with Gasteiger partial charge in [0.2, 0.25) is 0 Å². The predicted octanol–water partition coefficient (Wildman–Crippen LogP) is 10.9. The van der Waals surface area contributed by atoms with Crippen LogP contribution in [0.15, 0.2) is 78.4 Å². The summed E-state index contributed by atoms with van der Waals surface area (Å²) in [4.78, 5) is 0. The third-order valence-corrected chi connectivity index (χ3v) is 15.8. The van der Waals surface area contributed by atoms with Crippen molar-refractivity contribution >= 4 is 24.6 Å². The van der Waals surface area contributed by atoms with Crippen molar-refractivity contribution in [2.24, 2.45) is 17.8 Å². The van der Waals surface area contributed by atoms with Gasteiger partial charge >= 0.3 is 0 Å². The molecule has 1 saturated carbocycles. The van der Waals surface area contributed by atoms with Gasteiger partial charge in [-0.25, -0.2) is 0 Å². The van der Waals surface area contributed by atoms with Gasteiger partial charge in [0, 0.05) is 16.5 Å². The maximum absolute atomic E-state index is 2.96. The molecule has 3 aromatic rings. The zero-order chi connectivity index (χ0) is 29.7. The molecule has 41 heavy (non-hydrogen) atoms. The van der Waals surface area contributed by atoms with Crippen molar-refractivity contribution in [2.45, 2.75) is 104 Å². The third kappa shape index (κ3) is 4.43. The van der Waals surface area contributed by atoms with E-state index in [0.717, 1.165) is 11.5 Å². The van der Waals surface area contributed by atoms with E-state index in [-0.39, 0.29) is 16.5 Å². The fourth-order valence-electron chi connectivity index (χ4n) is 10.3. The van der Waals surface area contributed by atoms with Crippen molar-refractivity contribution in [2.75, 3.05) is 0 Å². The highest BCUT2D eigenvalue weighted by Crippen LogP contribution is 2.61. The summed E-state index contributed by atoms with van der Waals surface area (Å²) in [7, 11) is -1.83. The minimum atomic E-state index is -1.83. The number of hydrogen-bond donors (Lipinski definition) is 0. The van der Waals surface area contributed by atoms with Crippen LogP contribution in [0.1, 0.15) is 79.9 Å². The van der Waals surface area contributed by atoms with Gasteiger partial charge in [0.1, 0.15) is 8.24 Å². The fourth-order valence-corrected chi connectivity index (χ4v) is 16.9. The van der Waals surface area contributed by atoms with Crippen molar-refractivity contribution in [1.82, 2.24) is 4.57 Å². The highest BCUT2D eigenvalue weighted by molar-refractivity contribution is 6.76. The SMILES string of the molecule is CC1CC2C=C3C(=CC2C1[Si](C)(C)N(C(C)(C)C)C(C)(C)C)c1ccc(-c2cccc4ccccc24)cc1C3(C)C. The van der Waals surface area contributed by atoms with E-state index < -0.39 is 8.24 Å². The van der Waals surface area contributed by atoms with Crippen LogP contribution in [0.5, 0.6) is 0 Å². The van der Waals surface area contributed by atoms with E-state index >= 15 is 0 Å². The molecule has 0 aromatic heterocycles. The van der Waals surface area contributed by atoms with Crippen LogP contribution in [-0.4, -0.2) is 23.9 Å². The lowest BCUT2D eigenvalue weighted by molar-refractivity contribution is 0.121. The van der Waals surface area contributed by atoms with Gasteiger partial charge in [-0.1, -0.05) is 101 Å². The summed E-state index contributed by atoms with van der Waals surface area (Å²) in [5.41, 5.74) is 9.77. The van der Waals surface area contributed by atoms with Gasteiger partial charge in [-0.15, -0.1) is 0 Å². The molecule has 3 aliphatic rings. The number of nitrogens with zero attached hydrogens (tertiary/aromatic N) is 1. The van der Waals surface area contributed by atoms with Crippen molar-refractivity contribution in [3.63, 3.8) is 0 Å². The number of allylic oxidation sites excluding steroid dienone is 4. The molecule has 6 rings (SSSR count). The first-order valence-electron chi connectivity index (χ1n) is 15.9. The Kier molecular flexibility index (Phi) is 6.50. The molecule has 1 fully saturated rings. The molecule has 0 bridgehead atoms. The number of hydrogen-bond acceptors (Lipinski definition) is 1. The molecule has 0 spiro atoms. The van der Waals surface area contributed by atoms with Crippen molar-refractivity contribution in [1.29, 1.82) is 0 Å². The molecule has 0 heterocycles. The van der Waals surface area contributed by atoms with Crippen molar-refractivity contribution in [3.8, 4) is 11.1 Å². The number of rotatable bonds is 3. The molecule has 0 radical (unpaired) electrons. The van der Waals surface area contributed by atoms with Crippen LogP contribution in [0.2, 0.25) is 18.6 Å². The van der Waals surface area contributed by atoms with E-state index in [2.05, 4.69) is 153 Å². The number of benzene rings is 3. The second-order valence-electron chi connectivity index (χ2n) is 16.4. The van der Waals surface area contributed by atoms with Crippen molar-refractivity contribution in [3.05, 3.63) is 89.5 Å². The summed E-state index contributed by atoms with van der Waals surface area (Å²) in [6.45, 7) is 27.4. The maximum atomic E-state index is 2.96. The number of fused-ring (bicyclic) bond motifs is 5. The summed E-state index contributed by atoms with van der Waals surface area (Å²) in [5, 5.41) is 2.64. The minimum absolute atomic E-state index is 0.0177. The van der Waals surface area contributed by atoms with E-state index in [4.69, 9.17) is 0 Å². The monoisotopic (exact) mass is 561 g/mol. The van der Waals surface area contributed by atoms with E-state index in [0.29, 0.717) is 11.8 Å². The Morgan fingerprint density at radius 3 is 2.15 bits per heavy atom. The largest absolute Gasteiger partial charge is 0.314 e. The molecule has 2 heteroatoms. The lowest BCUT2D eigenvalue weighted by Gasteiger charge is -2.57. The summed E-state index contributed by atoms with van der Waals surface area (Å²) >= 11 is 0. The van der Waals surface area contributed by atoms with E-state index in [1.165, 1.54) is 45.0 Å². The highest BCUT2D eigenvalue weighted by Gasteiger charge is 2.56. The zero-order valence-electron chi connectivity index (χ0n) is 27.4. The van der Waals surface area contributed by atoms with Crippen LogP contribution >= 0.6 is 0 Å². The fraction of sp³-hybridized carbons (Fsp3) is 0.487.